The Morgan fingerprint density at radius 2 is 1.74 bits per heavy atom. The number of fused-ring (bicyclic) bond motifs is 1. The second-order valence-electron chi connectivity index (χ2n) is 4.37. The van der Waals surface area contributed by atoms with Crippen LogP contribution in [0, 0.1) is 0 Å². The molecule has 2 rings (SSSR count). The van der Waals surface area contributed by atoms with Crippen LogP contribution in [0.3, 0.4) is 0 Å². The van der Waals surface area contributed by atoms with Gasteiger partial charge in [0.05, 0.1) is 0 Å². The van der Waals surface area contributed by atoms with E-state index in [1.807, 2.05) is 0 Å². The highest BCUT2D eigenvalue weighted by molar-refractivity contribution is 7.99. The van der Waals surface area contributed by atoms with Crippen molar-refractivity contribution in [1.82, 2.24) is 30.0 Å². The van der Waals surface area contributed by atoms with Crippen LogP contribution in [0.15, 0.2) is 5.16 Å². The number of nitrogen functional groups attached to an aromatic ring is 1. The standard InChI is InChI=1S/C11H19N7S/c1-2-3-4-5-6-7-8-19-11-16-15-10-14-13-9(12)17-18(10)11/h2-8H2,1H3,(H2,12,17). The molecule has 0 aliphatic heterocycles. The van der Waals surface area contributed by atoms with Crippen molar-refractivity contribution in [2.45, 2.75) is 50.6 Å². The number of hydrogen-bond donors (Lipinski definition) is 1. The fourth-order valence-electron chi connectivity index (χ4n) is 1.76. The van der Waals surface area contributed by atoms with E-state index in [2.05, 4.69) is 32.4 Å². The third kappa shape index (κ3) is 4.02. The summed E-state index contributed by atoms with van der Waals surface area (Å²) < 4.78 is 1.55. The van der Waals surface area contributed by atoms with Crippen molar-refractivity contribution in [1.29, 1.82) is 0 Å². The molecule has 2 heterocycles. The highest BCUT2D eigenvalue weighted by Gasteiger charge is 2.08. The van der Waals surface area contributed by atoms with E-state index < -0.39 is 0 Å². The normalized spacial score (nSPS) is 11.2. The highest BCUT2D eigenvalue weighted by atomic mass is 32.2. The van der Waals surface area contributed by atoms with Crippen molar-refractivity contribution in [3.05, 3.63) is 0 Å². The van der Waals surface area contributed by atoms with Gasteiger partial charge >= 0.3 is 0 Å². The second kappa shape index (κ2) is 7.22. The molecule has 0 aliphatic rings. The maximum Gasteiger partial charge on any atom is 0.291 e. The van der Waals surface area contributed by atoms with Crippen molar-refractivity contribution in [2.75, 3.05) is 11.5 Å². The lowest BCUT2D eigenvalue weighted by atomic mass is 10.1. The molecule has 104 valence electrons. The molecule has 0 aliphatic carbocycles. The van der Waals surface area contributed by atoms with E-state index >= 15 is 0 Å². The fourth-order valence-corrected chi connectivity index (χ4v) is 2.64. The van der Waals surface area contributed by atoms with Crippen LogP contribution in [-0.4, -0.2) is 35.8 Å². The minimum atomic E-state index is 0.133. The van der Waals surface area contributed by atoms with Crippen LogP contribution < -0.4 is 5.73 Å². The molecule has 0 unspecified atom stereocenters. The lowest BCUT2D eigenvalue weighted by Crippen LogP contribution is -2.04. The van der Waals surface area contributed by atoms with E-state index in [1.165, 1.54) is 38.5 Å². The van der Waals surface area contributed by atoms with E-state index in [9.17, 15) is 0 Å². The Balaban J connectivity index is 1.77. The van der Waals surface area contributed by atoms with Crippen molar-refractivity contribution in [2.24, 2.45) is 0 Å². The number of unbranched alkanes of at least 4 members (excludes halogenated alkanes) is 5. The molecule has 8 heteroatoms. The Labute approximate surface area is 116 Å². The quantitative estimate of drug-likeness (QED) is 0.583. The summed E-state index contributed by atoms with van der Waals surface area (Å²) in [6.45, 7) is 2.23. The number of anilines is 1. The largest absolute Gasteiger partial charge is 0.365 e. The van der Waals surface area contributed by atoms with Crippen molar-refractivity contribution in [3.8, 4) is 0 Å². The summed E-state index contributed by atoms with van der Waals surface area (Å²) in [6, 6.07) is 0. The first-order valence-corrected chi connectivity index (χ1v) is 7.64. The number of rotatable bonds is 8. The van der Waals surface area contributed by atoms with Crippen LogP contribution >= 0.6 is 11.8 Å². The summed E-state index contributed by atoms with van der Waals surface area (Å²) in [5.74, 6) is 1.53. The summed E-state index contributed by atoms with van der Waals surface area (Å²) in [5, 5.41) is 20.2. The summed E-state index contributed by atoms with van der Waals surface area (Å²) in [5.41, 5.74) is 5.50. The lowest BCUT2D eigenvalue weighted by molar-refractivity contribution is 0.626. The number of hydrogen-bond acceptors (Lipinski definition) is 7. The zero-order chi connectivity index (χ0) is 13.5. The van der Waals surface area contributed by atoms with E-state index in [0.717, 1.165) is 10.9 Å². The Morgan fingerprint density at radius 3 is 2.58 bits per heavy atom. The van der Waals surface area contributed by atoms with Gasteiger partial charge in [-0.15, -0.1) is 25.5 Å². The Kier molecular flexibility index (Phi) is 5.31. The minimum absolute atomic E-state index is 0.133. The van der Waals surface area contributed by atoms with Crippen LogP contribution in [0.25, 0.3) is 5.78 Å². The Hall–Kier alpha value is -1.44. The van der Waals surface area contributed by atoms with Gasteiger partial charge in [-0.2, -0.15) is 4.52 Å². The topological polar surface area (TPSA) is 94.9 Å². The van der Waals surface area contributed by atoms with Gasteiger partial charge < -0.3 is 5.73 Å². The third-order valence-corrected chi connectivity index (χ3v) is 3.77. The molecule has 0 saturated heterocycles. The molecule has 0 spiro atoms. The molecule has 2 aromatic heterocycles. The first-order chi connectivity index (χ1) is 9.31. The van der Waals surface area contributed by atoms with Gasteiger partial charge in [-0.3, -0.25) is 0 Å². The number of thioether (sulfide) groups is 1. The van der Waals surface area contributed by atoms with Crippen LogP contribution in [-0.2, 0) is 0 Å². The number of nitrogens with zero attached hydrogens (tertiary/aromatic N) is 6. The SMILES string of the molecule is CCCCCCCCSc1nnc2nnc(N)nn12. The molecule has 0 saturated carbocycles. The molecule has 19 heavy (non-hydrogen) atoms. The lowest BCUT2D eigenvalue weighted by Gasteiger charge is -2.00. The third-order valence-electron chi connectivity index (χ3n) is 2.77. The maximum atomic E-state index is 5.50. The van der Waals surface area contributed by atoms with Crippen molar-refractivity contribution in [3.63, 3.8) is 0 Å². The second-order valence-corrected chi connectivity index (χ2v) is 5.43. The van der Waals surface area contributed by atoms with E-state index in [1.54, 1.807) is 16.3 Å². The summed E-state index contributed by atoms with van der Waals surface area (Å²) in [4.78, 5) is 0. The molecule has 7 nitrogen and oxygen atoms in total. The summed E-state index contributed by atoms with van der Waals surface area (Å²) in [7, 11) is 0. The van der Waals surface area contributed by atoms with Crippen molar-refractivity contribution >= 4 is 23.5 Å². The zero-order valence-electron chi connectivity index (χ0n) is 11.1. The fraction of sp³-hybridized carbons (Fsp3) is 0.727. The molecule has 0 bridgehead atoms. The monoisotopic (exact) mass is 281 g/mol. The van der Waals surface area contributed by atoms with Crippen LogP contribution in [0.1, 0.15) is 45.4 Å². The molecular weight excluding hydrogens is 262 g/mol. The van der Waals surface area contributed by atoms with Gasteiger partial charge in [0, 0.05) is 5.75 Å². The van der Waals surface area contributed by atoms with Gasteiger partial charge in [0.2, 0.25) is 5.16 Å². The highest BCUT2D eigenvalue weighted by Crippen LogP contribution is 2.17. The van der Waals surface area contributed by atoms with E-state index in [4.69, 9.17) is 5.73 Å². The molecule has 0 radical (unpaired) electrons. The summed E-state index contributed by atoms with van der Waals surface area (Å²) in [6.07, 6.45) is 7.71. The first kappa shape index (κ1) is 14.0. The van der Waals surface area contributed by atoms with Crippen LogP contribution in [0.5, 0.6) is 0 Å². The van der Waals surface area contributed by atoms with Crippen molar-refractivity contribution < 1.29 is 0 Å². The zero-order valence-corrected chi connectivity index (χ0v) is 11.9. The molecule has 0 amide bonds. The first-order valence-electron chi connectivity index (χ1n) is 6.65. The predicted molar refractivity (Wildman–Crippen MR) is 74.9 cm³/mol. The average Bonchev–Trinajstić information content (AvgIpc) is 2.80. The molecule has 0 atom stereocenters. The van der Waals surface area contributed by atoms with Crippen LogP contribution in [0.4, 0.5) is 5.95 Å². The van der Waals surface area contributed by atoms with Gasteiger partial charge in [0.1, 0.15) is 0 Å². The molecule has 0 aromatic carbocycles. The van der Waals surface area contributed by atoms with Gasteiger partial charge in [-0.1, -0.05) is 50.8 Å². The molecule has 2 N–H and O–H groups in total. The smallest absolute Gasteiger partial charge is 0.291 e. The number of nitrogens with two attached hydrogens (primary N) is 1. The average molecular weight is 281 g/mol. The van der Waals surface area contributed by atoms with Gasteiger partial charge in [0.25, 0.3) is 11.7 Å². The van der Waals surface area contributed by atoms with E-state index in [-0.39, 0.29) is 5.95 Å². The molecular formula is C11H19N7S. The molecule has 2 aromatic rings. The van der Waals surface area contributed by atoms with Crippen LogP contribution in [0.2, 0.25) is 0 Å². The predicted octanol–water partition coefficient (Wildman–Crippen LogP) is 1.95. The van der Waals surface area contributed by atoms with Gasteiger partial charge in [0.15, 0.2) is 0 Å². The maximum absolute atomic E-state index is 5.50. The van der Waals surface area contributed by atoms with Gasteiger partial charge in [-0.25, -0.2) is 0 Å². The van der Waals surface area contributed by atoms with E-state index in [0.29, 0.717) is 5.78 Å². The minimum Gasteiger partial charge on any atom is -0.365 e. The Morgan fingerprint density at radius 1 is 1.00 bits per heavy atom. The molecule has 0 fully saturated rings. The summed E-state index contributed by atoms with van der Waals surface area (Å²) >= 11 is 1.63. The number of aromatic nitrogens is 6. The Bertz CT molecular complexity index is 513. The van der Waals surface area contributed by atoms with Gasteiger partial charge in [-0.05, 0) is 6.42 Å².